The summed E-state index contributed by atoms with van der Waals surface area (Å²) in [6, 6.07) is 8.47. The summed E-state index contributed by atoms with van der Waals surface area (Å²) in [6.45, 7) is 4.44. The Kier molecular flexibility index (Phi) is 4.38. The van der Waals surface area contributed by atoms with Crippen molar-refractivity contribution in [1.29, 1.82) is 0 Å². The van der Waals surface area contributed by atoms with E-state index in [4.69, 9.17) is 12.2 Å². The first-order valence-corrected chi connectivity index (χ1v) is 7.11. The van der Waals surface area contributed by atoms with Gasteiger partial charge < -0.3 is 0 Å². The van der Waals surface area contributed by atoms with E-state index in [1.54, 1.807) is 0 Å². The molecular formula is C13H15N3S2. The second-order valence-corrected chi connectivity index (χ2v) is 5.77. The molecule has 1 heterocycles. The van der Waals surface area contributed by atoms with Crippen molar-refractivity contribution in [1.82, 2.24) is 10.2 Å². The Morgan fingerprint density at radius 2 is 2.17 bits per heavy atom. The van der Waals surface area contributed by atoms with E-state index in [2.05, 4.69) is 53.3 Å². The number of aromatic amines is 1. The molecule has 3 nitrogen and oxygen atoms in total. The van der Waals surface area contributed by atoms with Crippen molar-refractivity contribution in [2.75, 3.05) is 0 Å². The summed E-state index contributed by atoms with van der Waals surface area (Å²) in [5.41, 5.74) is 2.44. The molecule has 2 aromatic rings. The van der Waals surface area contributed by atoms with Crippen LogP contribution in [0, 0.1) is 3.95 Å². The summed E-state index contributed by atoms with van der Waals surface area (Å²) in [7, 11) is 0. The molecule has 2 rings (SSSR count). The van der Waals surface area contributed by atoms with Crippen LogP contribution >= 0.6 is 23.6 Å². The van der Waals surface area contributed by atoms with Crippen molar-refractivity contribution in [2.45, 2.75) is 26.2 Å². The minimum Gasteiger partial charge on any atom is -0.256 e. The van der Waals surface area contributed by atoms with Gasteiger partial charge in [-0.15, -0.1) is 5.10 Å². The molecular weight excluding hydrogens is 262 g/mol. The van der Waals surface area contributed by atoms with Crippen LogP contribution in [0.1, 0.15) is 37.3 Å². The van der Waals surface area contributed by atoms with Crippen LogP contribution in [0.25, 0.3) is 0 Å². The van der Waals surface area contributed by atoms with Gasteiger partial charge in [-0.1, -0.05) is 49.4 Å². The van der Waals surface area contributed by atoms with Gasteiger partial charge in [-0.3, -0.25) is 5.10 Å². The molecule has 1 aromatic carbocycles. The molecule has 0 spiro atoms. The number of hydrogen-bond acceptors (Lipinski definition) is 4. The lowest BCUT2D eigenvalue weighted by atomic mass is 9.98. The second kappa shape index (κ2) is 6.02. The molecule has 1 atom stereocenters. The third-order valence-electron chi connectivity index (χ3n) is 2.87. The predicted octanol–water partition coefficient (Wildman–Crippen LogP) is 4.46. The van der Waals surface area contributed by atoms with Gasteiger partial charge >= 0.3 is 0 Å². The first-order chi connectivity index (χ1) is 8.69. The van der Waals surface area contributed by atoms with Crippen molar-refractivity contribution in [3.05, 3.63) is 39.3 Å². The number of hydrogen-bond donors (Lipinski definition) is 1. The number of benzene rings is 1. The van der Waals surface area contributed by atoms with E-state index in [1.165, 1.54) is 16.9 Å². The van der Waals surface area contributed by atoms with Gasteiger partial charge in [0.05, 0.1) is 0 Å². The van der Waals surface area contributed by atoms with Crippen molar-refractivity contribution < 1.29 is 0 Å². The zero-order valence-electron chi connectivity index (χ0n) is 10.4. The normalized spacial score (nSPS) is 13.0. The number of H-pyrrole nitrogens is 1. The number of aliphatic imine (C=N–C) groups is 1. The van der Waals surface area contributed by atoms with E-state index in [9.17, 15) is 0 Å². The first kappa shape index (κ1) is 13.1. The Labute approximate surface area is 116 Å². The molecule has 0 fully saturated rings. The lowest BCUT2D eigenvalue weighted by molar-refractivity contribution is 0.733. The fraction of sp³-hybridized carbons (Fsp3) is 0.308. The summed E-state index contributed by atoms with van der Waals surface area (Å²) in [6.07, 6.45) is 2.96. The molecule has 0 amide bonds. The van der Waals surface area contributed by atoms with Crippen LogP contribution < -0.4 is 0 Å². The van der Waals surface area contributed by atoms with Crippen molar-refractivity contribution >= 4 is 34.9 Å². The summed E-state index contributed by atoms with van der Waals surface area (Å²) in [4.78, 5) is 4.28. The fourth-order valence-electron chi connectivity index (χ4n) is 1.55. The van der Waals surface area contributed by atoms with E-state index in [0.717, 1.165) is 12.0 Å². The van der Waals surface area contributed by atoms with Crippen molar-refractivity contribution in [2.24, 2.45) is 4.99 Å². The maximum absolute atomic E-state index is 4.95. The molecule has 0 bridgehead atoms. The zero-order chi connectivity index (χ0) is 13.0. The molecule has 0 saturated heterocycles. The molecule has 0 radical (unpaired) electrons. The topological polar surface area (TPSA) is 41.0 Å². The Balaban J connectivity index is 2.11. The summed E-state index contributed by atoms with van der Waals surface area (Å²) < 4.78 is 0.647. The largest absolute Gasteiger partial charge is 0.256 e. The van der Waals surface area contributed by atoms with E-state index in [1.807, 2.05) is 6.21 Å². The minimum absolute atomic E-state index is 0.604. The third kappa shape index (κ3) is 3.34. The summed E-state index contributed by atoms with van der Waals surface area (Å²) >= 11 is 6.32. The van der Waals surface area contributed by atoms with Crippen molar-refractivity contribution in [3.8, 4) is 0 Å². The van der Waals surface area contributed by atoms with Crippen LogP contribution in [0.4, 0.5) is 5.13 Å². The van der Waals surface area contributed by atoms with Gasteiger partial charge in [-0.2, -0.15) is 0 Å². The van der Waals surface area contributed by atoms with Gasteiger partial charge in [-0.25, -0.2) is 4.99 Å². The smallest absolute Gasteiger partial charge is 0.230 e. The molecule has 18 heavy (non-hydrogen) atoms. The maximum Gasteiger partial charge on any atom is 0.230 e. The van der Waals surface area contributed by atoms with Crippen LogP contribution in [-0.2, 0) is 0 Å². The molecule has 1 aromatic heterocycles. The Morgan fingerprint density at radius 3 is 2.72 bits per heavy atom. The van der Waals surface area contributed by atoms with E-state index < -0.39 is 0 Å². The van der Waals surface area contributed by atoms with Crippen LogP contribution in [-0.4, -0.2) is 16.4 Å². The molecule has 0 aliphatic carbocycles. The van der Waals surface area contributed by atoms with Crippen LogP contribution in [0.2, 0.25) is 0 Å². The van der Waals surface area contributed by atoms with Gasteiger partial charge in [-0.05, 0) is 35.7 Å². The molecule has 5 heteroatoms. The van der Waals surface area contributed by atoms with Gasteiger partial charge in [0.1, 0.15) is 0 Å². The minimum atomic E-state index is 0.604. The van der Waals surface area contributed by atoms with Gasteiger partial charge in [0, 0.05) is 6.21 Å². The quantitative estimate of drug-likeness (QED) is 0.662. The standard InChI is InChI=1S/C13H15N3S2/c1-3-9(2)11-6-4-10(5-7-11)8-14-12-15-16-13(17)18-12/h4-9H,3H2,1-2H3,(H,16,17). The summed E-state index contributed by atoms with van der Waals surface area (Å²) in [5, 5.41) is 7.35. The maximum atomic E-state index is 4.95. The van der Waals surface area contributed by atoms with Crippen LogP contribution in [0.5, 0.6) is 0 Å². The molecule has 0 saturated carbocycles. The van der Waals surface area contributed by atoms with Gasteiger partial charge in [0.25, 0.3) is 0 Å². The number of aromatic nitrogens is 2. The van der Waals surface area contributed by atoms with E-state index in [0.29, 0.717) is 15.0 Å². The predicted molar refractivity (Wildman–Crippen MR) is 79.7 cm³/mol. The number of nitrogens with zero attached hydrogens (tertiary/aromatic N) is 2. The van der Waals surface area contributed by atoms with Gasteiger partial charge in [0.15, 0.2) is 3.95 Å². The SMILES string of the molecule is CCC(C)c1ccc(C=Nc2n[nH]c(=S)s2)cc1. The third-order valence-corrected chi connectivity index (χ3v) is 3.87. The average Bonchev–Trinajstić information content (AvgIpc) is 2.82. The highest BCUT2D eigenvalue weighted by Crippen LogP contribution is 2.19. The lowest BCUT2D eigenvalue weighted by Gasteiger charge is -2.08. The average molecular weight is 277 g/mol. The fourth-order valence-corrected chi connectivity index (χ4v) is 2.28. The monoisotopic (exact) mass is 277 g/mol. The summed E-state index contributed by atoms with van der Waals surface area (Å²) in [5.74, 6) is 0.604. The van der Waals surface area contributed by atoms with Crippen LogP contribution in [0.3, 0.4) is 0 Å². The molecule has 1 unspecified atom stereocenters. The molecule has 0 aliphatic rings. The van der Waals surface area contributed by atoms with E-state index >= 15 is 0 Å². The molecule has 1 N–H and O–H groups in total. The van der Waals surface area contributed by atoms with Crippen LogP contribution in [0.15, 0.2) is 29.3 Å². The first-order valence-electron chi connectivity index (χ1n) is 5.88. The molecule has 0 aliphatic heterocycles. The van der Waals surface area contributed by atoms with E-state index in [-0.39, 0.29) is 0 Å². The molecule has 94 valence electrons. The lowest BCUT2D eigenvalue weighted by Crippen LogP contribution is -1.91. The highest BCUT2D eigenvalue weighted by atomic mass is 32.1. The number of nitrogens with one attached hydrogen (secondary N) is 1. The van der Waals surface area contributed by atoms with Crippen molar-refractivity contribution in [3.63, 3.8) is 0 Å². The Morgan fingerprint density at radius 1 is 1.44 bits per heavy atom. The number of rotatable bonds is 4. The highest BCUT2D eigenvalue weighted by Gasteiger charge is 2.01. The Hall–Kier alpha value is -1.33. The Bertz CT molecular complexity index is 581. The second-order valence-electron chi connectivity index (χ2n) is 4.13. The van der Waals surface area contributed by atoms with Gasteiger partial charge in [0.2, 0.25) is 5.13 Å². The highest BCUT2D eigenvalue weighted by molar-refractivity contribution is 7.73. The zero-order valence-corrected chi connectivity index (χ0v) is 12.0.